The Morgan fingerprint density at radius 3 is 2.50 bits per heavy atom. The molecule has 2 heteroatoms. The lowest BCUT2D eigenvalue weighted by atomic mass is 10.1. The molecule has 0 radical (unpaired) electrons. The van der Waals surface area contributed by atoms with E-state index in [4.69, 9.17) is 0 Å². The lowest BCUT2D eigenvalue weighted by molar-refractivity contribution is -0.697. The molecule has 0 aliphatic carbocycles. The first-order valence-electron chi connectivity index (χ1n) is 7.27. The average Bonchev–Trinajstić information content (AvgIpc) is 2.44. The highest BCUT2D eigenvalue weighted by molar-refractivity contribution is 5.74. The molecule has 0 atom stereocenters. The largest absolute Gasteiger partial charge is 0.309 e. The van der Waals surface area contributed by atoms with Gasteiger partial charge in [-0.2, -0.15) is 0 Å². The summed E-state index contributed by atoms with van der Waals surface area (Å²) < 4.78 is 2.25. The molecule has 2 nitrogen and oxygen atoms in total. The van der Waals surface area contributed by atoms with Gasteiger partial charge < -0.3 is 4.90 Å². The summed E-state index contributed by atoms with van der Waals surface area (Å²) in [5.74, 6) is 0. The van der Waals surface area contributed by atoms with Crippen LogP contribution in [-0.2, 0) is 6.54 Å². The van der Waals surface area contributed by atoms with Gasteiger partial charge in [-0.1, -0.05) is 30.9 Å². The van der Waals surface area contributed by atoms with Crippen LogP contribution in [0.3, 0.4) is 0 Å². The van der Waals surface area contributed by atoms with Crippen LogP contribution in [0.15, 0.2) is 55.4 Å². The average molecular weight is 271 g/mol. The van der Waals surface area contributed by atoms with Crippen molar-refractivity contribution in [1.82, 2.24) is 4.90 Å². The Hall–Kier alpha value is -1.67. The molecule has 1 heterocycles. The molecule has 0 unspecified atom stereocenters. The fourth-order valence-corrected chi connectivity index (χ4v) is 2.08. The van der Waals surface area contributed by atoms with Crippen molar-refractivity contribution in [3.63, 3.8) is 0 Å². The van der Waals surface area contributed by atoms with E-state index in [1.807, 2.05) is 19.1 Å². The molecule has 0 aliphatic rings. The van der Waals surface area contributed by atoms with E-state index in [1.54, 1.807) is 0 Å². The second-order valence-corrected chi connectivity index (χ2v) is 5.19. The Bertz CT molecular complexity index is 453. The third kappa shape index (κ3) is 5.98. The van der Waals surface area contributed by atoms with Crippen LogP contribution in [0.1, 0.15) is 25.3 Å². The van der Waals surface area contributed by atoms with Gasteiger partial charge in [0.15, 0.2) is 12.4 Å². The van der Waals surface area contributed by atoms with Gasteiger partial charge >= 0.3 is 0 Å². The van der Waals surface area contributed by atoms with Gasteiger partial charge in [0.2, 0.25) is 0 Å². The zero-order valence-corrected chi connectivity index (χ0v) is 13.0. The summed E-state index contributed by atoms with van der Waals surface area (Å²) in [6.45, 7) is 8.04. The zero-order chi connectivity index (χ0) is 14.8. The molecule has 0 aromatic carbocycles. The van der Waals surface area contributed by atoms with Crippen LogP contribution in [0.25, 0.3) is 5.57 Å². The first-order valence-corrected chi connectivity index (χ1v) is 7.27. The molecule has 1 aromatic rings. The van der Waals surface area contributed by atoms with Crippen molar-refractivity contribution in [2.24, 2.45) is 0 Å². The molecule has 1 aromatic heterocycles. The third-order valence-electron chi connectivity index (χ3n) is 3.14. The number of nitrogens with zero attached hydrogens (tertiary/aromatic N) is 2. The van der Waals surface area contributed by atoms with Crippen LogP contribution in [0.5, 0.6) is 0 Å². The number of aryl methyl sites for hydroxylation is 1. The molecular weight excluding hydrogens is 244 g/mol. The van der Waals surface area contributed by atoms with Crippen LogP contribution in [0, 0.1) is 0 Å². The van der Waals surface area contributed by atoms with Gasteiger partial charge in [0.05, 0.1) is 0 Å². The van der Waals surface area contributed by atoms with Crippen molar-refractivity contribution in [2.45, 2.75) is 26.3 Å². The van der Waals surface area contributed by atoms with E-state index in [1.165, 1.54) is 24.0 Å². The molecule has 0 N–H and O–H groups in total. The highest BCUT2D eigenvalue weighted by atomic mass is 15.0. The number of rotatable bonds is 8. The van der Waals surface area contributed by atoms with Gasteiger partial charge in [-0.05, 0) is 45.1 Å². The van der Waals surface area contributed by atoms with E-state index in [9.17, 15) is 0 Å². The molecule has 0 amide bonds. The van der Waals surface area contributed by atoms with Crippen molar-refractivity contribution < 1.29 is 4.57 Å². The molecular formula is C18H27N2+. The standard InChI is InChI=1S/C18H27N2/c1-5-9-17(10-6-2)18-11-15-20(16-12-18)14-8-7-13-19(3)4/h5-6,9-12,15-16H,1,7-8,13-14H2,2-4H3/q+1/b10-6-,17-9+. The minimum absolute atomic E-state index is 1.08. The summed E-state index contributed by atoms with van der Waals surface area (Å²) in [4.78, 5) is 2.23. The maximum absolute atomic E-state index is 3.77. The summed E-state index contributed by atoms with van der Waals surface area (Å²) in [7, 11) is 4.24. The lowest BCUT2D eigenvalue weighted by Gasteiger charge is -2.07. The molecule has 1 rings (SSSR count). The van der Waals surface area contributed by atoms with E-state index >= 15 is 0 Å². The Balaban J connectivity index is 2.59. The summed E-state index contributed by atoms with van der Waals surface area (Å²) in [6.07, 6.45) is 14.8. The van der Waals surface area contributed by atoms with E-state index in [2.05, 4.69) is 66.8 Å². The van der Waals surface area contributed by atoms with Crippen molar-refractivity contribution >= 4 is 5.57 Å². The SMILES string of the molecule is C=C/C=C(\C=C/C)c1cc[n+](CCCCN(C)C)cc1. The number of pyridine rings is 1. The summed E-state index contributed by atoms with van der Waals surface area (Å²) in [5, 5.41) is 0. The van der Waals surface area contributed by atoms with Crippen molar-refractivity contribution in [3.05, 3.63) is 61.0 Å². The molecule has 108 valence electrons. The maximum atomic E-state index is 3.77. The minimum Gasteiger partial charge on any atom is -0.309 e. The highest BCUT2D eigenvalue weighted by Crippen LogP contribution is 2.14. The quantitative estimate of drug-likeness (QED) is 0.399. The van der Waals surface area contributed by atoms with Crippen LogP contribution < -0.4 is 4.57 Å². The molecule has 20 heavy (non-hydrogen) atoms. The van der Waals surface area contributed by atoms with Crippen molar-refractivity contribution in [3.8, 4) is 0 Å². The topological polar surface area (TPSA) is 7.12 Å². The number of unbranched alkanes of at least 4 members (excludes halogenated alkanes) is 1. The first-order chi connectivity index (χ1) is 9.67. The Morgan fingerprint density at radius 2 is 1.95 bits per heavy atom. The summed E-state index contributed by atoms with van der Waals surface area (Å²) in [6, 6.07) is 4.34. The van der Waals surface area contributed by atoms with Gasteiger partial charge in [-0.3, -0.25) is 0 Å². The fraction of sp³-hybridized carbons (Fsp3) is 0.389. The zero-order valence-electron chi connectivity index (χ0n) is 13.0. The maximum Gasteiger partial charge on any atom is 0.169 e. The minimum atomic E-state index is 1.08. The van der Waals surface area contributed by atoms with E-state index < -0.39 is 0 Å². The predicted molar refractivity (Wildman–Crippen MR) is 87.4 cm³/mol. The Kier molecular flexibility index (Phi) is 7.59. The molecule has 0 bridgehead atoms. The van der Waals surface area contributed by atoms with Gasteiger partial charge in [-0.25, -0.2) is 4.57 Å². The molecule has 0 aliphatic heterocycles. The first kappa shape index (κ1) is 16.4. The predicted octanol–water partition coefficient (Wildman–Crippen LogP) is 3.46. The second-order valence-electron chi connectivity index (χ2n) is 5.19. The fourth-order valence-electron chi connectivity index (χ4n) is 2.08. The molecule has 0 saturated heterocycles. The van der Waals surface area contributed by atoms with E-state index in [0.29, 0.717) is 0 Å². The van der Waals surface area contributed by atoms with Crippen LogP contribution in [0.2, 0.25) is 0 Å². The normalized spacial score (nSPS) is 12.3. The Morgan fingerprint density at radius 1 is 1.25 bits per heavy atom. The van der Waals surface area contributed by atoms with Crippen molar-refractivity contribution in [1.29, 1.82) is 0 Å². The number of aromatic nitrogens is 1. The number of hydrogen-bond donors (Lipinski definition) is 0. The molecule has 0 spiro atoms. The van der Waals surface area contributed by atoms with Crippen LogP contribution in [0.4, 0.5) is 0 Å². The van der Waals surface area contributed by atoms with E-state index in [0.717, 1.165) is 13.1 Å². The highest BCUT2D eigenvalue weighted by Gasteiger charge is 2.03. The van der Waals surface area contributed by atoms with E-state index in [-0.39, 0.29) is 0 Å². The van der Waals surface area contributed by atoms with Gasteiger partial charge in [-0.15, -0.1) is 0 Å². The van der Waals surface area contributed by atoms with Crippen LogP contribution >= 0.6 is 0 Å². The smallest absolute Gasteiger partial charge is 0.169 e. The van der Waals surface area contributed by atoms with Gasteiger partial charge in [0.25, 0.3) is 0 Å². The summed E-state index contributed by atoms with van der Waals surface area (Å²) in [5.41, 5.74) is 2.43. The van der Waals surface area contributed by atoms with Crippen molar-refractivity contribution in [2.75, 3.05) is 20.6 Å². The van der Waals surface area contributed by atoms with Gasteiger partial charge in [0.1, 0.15) is 6.54 Å². The Labute approximate surface area is 123 Å². The summed E-state index contributed by atoms with van der Waals surface area (Å²) >= 11 is 0. The molecule has 0 fully saturated rings. The molecule has 0 saturated carbocycles. The van der Waals surface area contributed by atoms with Crippen LogP contribution in [-0.4, -0.2) is 25.5 Å². The monoisotopic (exact) mass is 271 g/mol. The van der Waals surface area contributed by atoms with Gasteiger partial charge in [0, 0.05) is 18.6 Å². The number of allylic oxidation sites excluding steroid dienone is 5. The third-order valence-corrected chi connectivity index (χ3v) is 3.14. The number of hydrogen-bond acceptors (Lipinski definition) is 1. The lowest BCUT2D eigenvalue weighted by Crippen LogP contribution is -2.33. The second kappa shape index (κ2) is 9.27.